The lowest BCUT2D eigenvalue weighted by Gasteiger charge is -2.00. The standard InChI is InChI=1S/C13H28.C2H4/c1-3-5-7-9-11-13-12-10-8-6-4-2;1-2/h3-13H2,1-2H3;1-2H2. The quantitative estimate of drug-likeness (QED) is 0.302. The molecule has 0 fully saturated rings. The highest BCUT2D eigenvalue weighted by atomic mass is 14.0. The zero-order chi connectivity index (χ0) is 11.8. The molecule has 0 amide bonds. The molecule has 0 heteroatoms. The van der Waals surface area contributed by atoms with Crippen molar-refractivity contribution in [3.63, 3.8) is 0 Å². The maximum Gasteiger partial charge on any atom is -0.0533 e. The molecule has 0 radical (unpaired) electrons. The topological polar surface area (TPSA) is 0 Å². The van der Waals surface area contributed by atoms with Gasteiger partial charge in [0.05, 0.1) is 0 Å². The Hall–Kier alpha value is -0.260. The Balaban J connectivity index is 0. The molecule has 0 heterocycles. The Kier molecular flexibility index (Phi) is 22.1. The van der Waals surface area contributed by atoms with Gasteiger partial charge in [0.2, 0.25) is 0 Å². The summed E-state index contributed by atoms with van der Waals surface area (Å²) in [6.45, 7) is 10.6. The maximum absolute atomic E-state index is 3.00. The van der Waals surface area contributed by atoms with Crippen LogP contribution in [0.4, 0.5) is 0 Å². The number of hydrogen-bond donors (Lipinski definition) is 0. The molecule has 0 unspecified atom stereocenters. The van der Waals surface area contributed by atoms with Gasteiger partial charge in [0.1, 0.15) is 0 Å². The Bertz CT molecular complexity index is 76.0. The SMILES string of the molecule is C=C.CCCCCCCCCCCCC. The molecule has 92 valence electrons. The molecule has 0 nitrogen and oxygen atoms in total. The van der Waals surface area contributed by atoms with E-state index in [1.807, 2.05) is 0 Å². The number of hydrogen-bond acceptors (Lipinski definition) is 0. The van der Waals surface area contributed by atoms with Gasteiger partial charge < -0.3 is 0 Å². The van der Waals surface area contributed by atoms with Crippen LogP contribution in [-0.4, -0.2) is 0 Å². The van der Waals surface area contributed by atoms with Crippen LogP contribution in [0.5, 0.6) is 0 Å². The van der Waals surface area contributed by atoms with Crippen molar-refractivity contribution in [3.05, 3.63) is 13.2 Å². The Morgan fingerprint density at radius 1 is 0.467 bits per heavy atom. The third kappa shape index (κ3) is 20.0. The summed E-state index contributed by atoms with van der Waals surface area (Å²) >= 11 is 0. The first kappa shape index (κ1) is 17.1. The molecule has 0 aliphatic carbocycles. The van der Waals surface area contributed by atoms with Gasteiger partial charge in [0.15, 0.2) is 0 Å². The van der Waals surface area contributed by atoms with Crippen LogP contribution >= 0.6 is 0 Å². The van der Waals surface area contributed by atoms with Crippen molar-refractivity contribution in [2.75, 3.05) is 0 Å². The van der Waals surface area contributed by atoms with Gasteiger partial charge >= 0.3 is 0 Å². The summed E-state index contributed by atoms with van der Waals surface area (Å²) < 4.78 is 0. The fourth-order valence-electron chi connectivity index (χ4n) is 1.74. The van der Waals surface area contributed by atoms with Crippen LogP contribution in [0.15, 0.2) is 13.2 Å². The minimum absolute atomic E-state index is 1.37. The zero-order valence-electron chi connectivity index (χ0n) is 11.2. The molecular weight excluding hydrogens is 180 g/mol. The summed E-state index contributed by atoms with van der Waals surface area (Å²) in [6, 6.07) is 0. The van der Waals surface area contributed by atoms with Crippen molar-refractivity contribution in [1.82, 2.24) is 0 Å². The first-order valence-corrected chi connectivity index (χ1v) is 6.91. The second kappa shape index (κ2) is 19.3. The fourth-order valence-corrected chi connectivity index (χ4v) is 1.74. The normalized spacial score (nSPS) is 9.47. The number of rotatable bonds is 10. The molecule has 0 aromatic rings. The lowest BCUT2D eigenvalue weighted by atomic mass is 10.1. The van der Waals surface area contributed by atoms with Crippen molar-refractivity contribution >= 4 is 0 Å². The first-order chi connectivity index (χ1) is 7.41. The van der Waals surface area contributed by atoms with Gasteiger partial charge in [-0.3, -0.25) is 0 Å². The van der Waals surface area contributed by atoms with Crippen molar-refractivity contribution in [2.45, 2.75) is 84.5 Å². The predicted octanol–water partition coefficient (Wildman–Crippen LogP) is 6.12. The van der Waals surface area contributed by atoms with Crippen LogP contribution in [0.25, 0.3) is 0 Å². The molecule has 0 bridgehead atoms. The smallest absolute Gasteiger partial charge is 0.0533 e. The molecule has 0 spiro atoms. The third-order valence-electron chi connectivity index (χ3n) is 2.71. The molecule has 0 atom stereocenters. The zero-order valence-corrected chi connectivity index (χ0v) is 11.2. The average Bonchev–Trinajstić information content (AvgIpc) is 2.30. The maximum atomic E-state index is 3.00. The minimum Gasteiger partial charge on any atom is -0.106 e. The molecule has 0 aliphatic heterocycles. The van der Waals surface area contributed by atoms with Crippen molar-refractivity contribution in [2.24, 2.45) is 0 Å². The van der Waals surface area contributed by atoms with Crippen LogP contribution in [0.2, 0.25) is 0 Å². The largest absolute Gasteiger partial charge is 0.106 e. The van der Waals surface area contributed by atoms with E-state index in [0.717, 1.165) is 0 Å². The Morgan fingerprint density at radius 3 is 0.867 bits per heavy atom. The van der Waals surface area contributed by atoms with E-state index in [1.54, 1.807) is 0 Å². The van der Waals surface area contributed by atoms with Crippen LogP contribution < -0.4 is 0 Å². The summed E-state index contributed by atoms with van der Waals surface area (Å²) in [7, 11) is 0. The van der Waals surface area contributed by atoms with E-state index in [1.165, 1.54) is 70.6 Å². The van der Waals surface area contributed by atoms with E-state index in [4.69, 9.17) is 0 Å². The Labute approximate surface area is 98.2 Å². The molecule has 0 saturated heterocycles. The van der Waals surface area contributed by atoms with E-state index in [-0.39, 0.29) is 0 Å². The Morgan fingerprint density at radius 2 is 0.667 bits per heavy atom. The minimum atomic E-state index is 1.37. The molecule has 0 aromatic heterocycles. The van der Waals surface area contributed by atoms with Gasteiger partial charge in [-0.05, 0) is 0 Å². The average molecular weight is 212 g/mol. The van der Waals surface area contributed by atoms with Crippen LogP contribution in [0.1, 0.15) is 84.5 Å². The van der Waals surface area contributed by atoms with Gasteiger partial charge in [-0.2, -0.15) is 0 Å². The first-order valence-electron chi connectivity index (χ1n) is 6.91. The van der Waals surface area contributed by atoms with Gasteiger partial charge in [-0.1, -0.05) is 84.5 Å². The van der Waals surface area contributed by atoms with E-state index < -0.39 is 0 Å². The van der Waals surface area contributed by atoms with Gasteiger partial charge in [-0.25, -0.2) is 0 Å². The highest BCUT2D eigenvalue weighted by Crippen LogP contribution is 2.10. The van der Waals surface area contributed by atoms with Crippen LogP contribution in [0, 0.1) is 0 Å². The van der Waals surface area contributed by atoms with E-state index in [0.29, 0.717) is 0 Å². The van der Waals surface area contributed by atoms with Crippen molar-refractivity contribution in [3.8, 4) is 0 Å². The van der Waals surface area contributed by atoms with Crippen molar-refractivity contribution < 1.29 is 0 Å². The molecule has 15 heavy (non-hydrogen) atoms. The fraction of sp³-hybridized carbons (Fsp3) is 0.867. The third-order valence-corrected chi connectivity index (χ3v) is 2.71. The van der Waals surface area contributed by atoms with Gasteiger partial charge in [0.25, 0.3) is 0 Å². The summed E-state index contributed by atoms with van der Waals surface area (Å²) in [5.41, 5.74) is 0. The highest BCUT2D eigenvalue weighted by Gasteiger charge is 1.90. The van der Waals surface area contributed by atoms with E-state index in [2.05, 4.69) is 27.0 Å². The van der Waals surface area contributed by atoms with E-state index in [9.17, 15) is 0 Å². The van der Waals surface area contributed by atoms with Gasteiger partial charge in [0, 0.05) is 0 Å². The van der Waals surface area contributed by atoms with Crippen LogP contribution in [-0.2, 0) is 0 Å². The molecule has 0 rings (SSSR count). The molecular formula is C15H32. The molecule has 0 N–H and O–H groups in total. The lowest BCUT2D eigenvalue weighted by Crippen LogP contribution is -1.80. The second-order valence-corrected chi connectivity index (χ2v) is 4.18. The second-order valence-electron chi connectivity index (χ2n) is 4.18. The predicted molar refractivity (Wildman–Crippen MR) is 73.4 cm³/mol. The number of unbranched alkanes of at least 4 members (excludes halogenated alkanes) is 10. The van der Waals surface area contributed by atoms with E-state index >= 15 is 0 Å². The summed E-state index contributed by atoms with van der Waals surface area (Å²) in [5.74, 6) is 0. The summed E-state index contributed by atoms with van der Waals surface area (Å²) in [4.78, 5) is 0. The monoisotopic (exact) mass is 212 g/mol. The van der Waals surface area contributed by atoms with Gasteiger partial charge in [-0.15, -0.1) is 13.2 Å². The summed E-state index contributed by atoms with van der Waals surface area (Å²) in [6.07, 6.45) is 15.9. The lowest BCUT2D eigenvalue weighted by molar-refractivity contribution is 0.554. The van der Waals surface area contributed by atoms with Crippen molar-refractivity contribution in [1.29, 1.82) is 0 Å². The molecule has 0 aromatic carbocycles. The highest BCUT2D eigenvalue weighted by molar-refractivity contribution is 4.46. The molecule has 0 saturated carbocycles. The van der Waals surface area contributed by atoms with Crippen LogP contribution in [0.3, 0.4) is 0 Å². The molecule has 0 aliphatic rings. The summed E-state index contributed by atoms with van der Waals surface area (Å²) in [5, 5.41) is 0.